The molecule has 0 bridgehead atoms. The first-order chi connectivity index (χ1) is 10.8. The average Bonchev–Trinajstić information content (AvgIpc) is 2.89. The Morgan fingerprint density at radius 3 is 2.78 bits per heavy atom. The second-order valence-corrected chi connectivity index (χ2v) is 6.10. The van der Waals surface area contributed by atoms with Crippen LogP contribution in [0.25, 0.3) is 0 Å². The van der Waals surface area contributed by atoms with Gasteiger partial charge < -0.3 is 14.4 Å². The molecule has 23 heavy (non-hydrogen) atoms. The first-order valence-electron chi connectivity index (χ1n) is 6.21. The van der Waals surface area contributed by atoms with E-state index in [-0.39, 0.29) is 28.9 Å². The third kappa shape index (κ3) is 4.47. The standard InChI is InChI=1S/C12H12FN3O6S/c1-7-15-11(16-22-7)5-14-23(19,20)8-2-3-10(9(13)4-8)21-6-12(17)18/h2-4,14H,5-6H2,1H3,(H,17,18). The van der Waals surface area contributed by atoms with Crippen molar-refractivity contribution in [2.45, 2.75) is 18.4 Å². The zero-order valence-corrected chi connectivity index (χ0v) is 12.6. The van der Waals surface area contributed by atoms with Gasteiger partial charge in [-0.3, -0.25) is 0 Å². The molecule has 1 heterocycles. The van der Waals surface area contributed by atoms with Crippen LogP contribution in [0.4, 0.5) is 4.39 Å². The number of aliphatic carboxylic acids is 1. The molecule has 0 amide bonds. The van der Waals surface area contributed by atoms with Crippen molar-refractivity contribution in [1.29, 1.82) is 0 Å². The molecular formula is C12H12FN3O6S. The van der Waals surface area contributed by atoms with Crippen LogP contribution in [0.5, 0.6) is 5.75 Å². The van der Waals surface area contributed by atoms with Gasteiger partial charge in [0.25, 0.3) is 0 Å². The number of nitrogens with zero attached hydrogens (tertiary/aromatic N) is 2. The Morgan fingerprint density at radius 1 is 1.48 bits per heavy atom. The number of rotatable bonds is 7. The number of aryl methyl sites for hydroxylation is 1. The fraction of sp³-hybridized carbons (Fsp3) is 0.250. The molecule has 2 N–H and O–H groups in total. The van der Waals surface area contributed by atoms with Crippen LogP contribution in [-0.4, -0.2) is 36.2 Å². The summed E-state index contributed by atoms with van der Waals surface area (Å²) in [6, 6.07) is 2.84. The summed E-state index contributed by atoms with van der Waals surface area (Å²) >= 11 is 0. The number of ether oxygens (including phenoxy) is 1. The Balaban J connectivity index is 2.10. The van der Waals surface area contributed by atoms with Crippen molar-refractivity contribution in [2.75, 3.05) is 6.61 Å². The normalized spacial score (nSPS) is 11.4. The molecule has 2 rings (SSSR count). The number of benzene rings is 1. The van der Waals surface area contributed by atoms with Crippen molar-refractivity contribution < 1.29 is 32.0 Å². The van der Waals surface area contributed by atoms with Crippen LogP contribution in [-0.2, 0) is 21.4 Å². The second kappa shape index (κ2) is 6.71. The SMILES string of the molecule is Cc1nc(CNS(=O)(=O)c2ccc(OCC(=O)O)c(F)c2)no1. The van der Waals surface area contributed by atoms with Gasteiger partial charge in [0.2, 0.25) is 15.9 Å². The molecule has 1 aromatic heterocycles. The molecule has 0 fully saturated rings. The van der Waals surface area contributed by atoms with Crippen molar-refractivity contribution in [3.05, 3.63) is 35.7 Å². The van der Waals surface area contributed by atoms with E-state index in [1.165, 1.54) is 0 Å². The van der Waals surface area contributed by atoms with E-state index in [9.17, 15) is 17.6 Å². The van der Waals surface area contributed by atoms with E-state index in [1.54, 1.807) is 6.92 Å². The number of sulfonamides is 1. The summed E-state index contributed by atoms with van der Waals surface area (Å²) in [5.41, 5.74) is 0. The Morgan fingerprint density at radius 2 is 2.22 bits per heavy atom. The summed E-state index contributed by atoms with van der Waals surface area (Å²) in [5, 5.41) is 12.0. The summed E-state index contributed by atoms with van der Waals surface area (Å²) in [6.45, 7) is 0.591. The highest BCUT2D eigenvalue weighted by molar-refractivity contribution is 7.89. The Labute approximate surface area is 130 Å². The molecule has 0 atom stereocenters. The molecule has 0 aliphatic heterocycles. The number of hydrogen-bond donors (Lipinski definition) is 2. The largest absolute Gasteiger partial charge is 0.479 e. The van der Waals surface area contributed by atoms with Gasteiger partial charge in [-0.15, -0.1) is 0 Å². The lowest BCUT2D eigenvalue weighted by Crippen LogP contribution is -2.24. The number of carbonyl (C=O) groups is 1. The van der Waals surface area contributed by atoms with Crippen LogP contribution in [0, 0.1) is 12.7 Å². The molecule has 0 radical (unpaired) electrons. The second-order valence-electron chi connectivity index (χ2n) is 4.33. The lowest BCUT2D eigenvalue weighted by Gasteiger charge is -2.08. The highest BCUT2D eigenvalue weighted by Gasteiger charge is 2.18. The lowest BCUT2D eigenvalue weighted by atomic mass is 10.3. The molecule has 0 aliphatic rings. The van der Waals surface area contributed by atoms with Crippen LogP contribution >= 0.6 is 0 Å². The number of halogens is 1. The summed E-state index contributed by atoms with van der Waals surface area (Å²) in [6.07, 6.45) is 0. The Bertz CT molecular complexity index is 820. The Kier molecular flexibility index (Phi) is 4.91. The maximum absolute atomic E-state index is 13.7. The summed E-state index contributed by atoms with van der Waals surface area (Å²) in [4.78, 5) is 13.8. The van der Waals surface area contributed by atoms with E-state index in [0.717, 1.165) is 18.2 Å². The van der Waals surface area contributed by atoms with E-state index < -0.39 is 28.4 Å². The van der Waals surface area contributed by atoms with Crippen LogP contribution < -0.4 is 9.46 Å². The van der Waals surface area contributed by atoms with Gasteiger partial charge in [0.15, 0.2) is 24.0 Å². The van der Waals surface area contributed by atoms with E-state index in [2.05, 4.69) is 19.6 Å². The smallest absolute Gasteiger partial charge is 0.341 e. The lowest BCUT2D eigenvalue weighted by molar-refractivity contribution is -0.139. The fourth-order valence-electron chi connectivity index (χ4n) is 1.56. The van der Waals surface area contributed by atoms with Gasteiger partial charge in [-0.25, -0.2) is 22.3 Å². The fourth-order valence-corrected chi connectivity index (χ4v) is 2.55. The highest BCUT2D eigenvalue weighted by Crippen LogP contribution is 2.21. The molecule has 11 heteroatoms. The third-order valence-corrected chi connectivity index (χ3v) is 3.95. The highest BCUT2D eigenvalue weighted by atomic mass is 32.2. The van der Waals surface area contributed by atoms with Crippen molar-refractivity contribution in [3.8, 4) is 5.75 Å². The number of carboxylic acid groups (broad SMARTS) is 1. The molecule has 1 aromatic carbocycles. The molecule has 124 valence electrons. The van der Waals surface area contributed by atoms with E-state index in [4.69, 9.17) is 9.63 Å². The molecule has 0 unspecified atom stereocenters. The van der Waals surface area contributed by atoms with E-state index >= 15 is 0 Å². The van der Waals surface area contributed by atoms with Crippen molar-refractivity contribution >= 4 is 16.0 Å². The van der Waals surface area contributed by atoms with Gasteiger partial charge in [-0.1, -0.05) is 5.16 Å². The number of aromatic nitrogens is 2. The van der Waals surface area contributed by atoms with Gasteiger partial charge in [0.1, 0.15) is 0 Å². The van der Waals surface area contributed by atoms with Crippen LogP contribution in [0.15, 0.2) is 27.6 Å². The minimum absolute atomic E-state index is 0.132. The predicted molar refractivity (Wildman–Crippen MR) is 72.6 cm³/mol. The molecule has 0 spiro atoms. The predicted octanol–water partition coefficient (Wildman–Crippen LogP) is 0.459. The van der Waals surface area contributed by atoms with Crippen LogP contribution in [0.1, 0.15) is 11.7 Å². The maximum Gasteiger partial charge on any atom is 0.341 e. The zero-order chi connectivity index (χ0) is 17.0. The van der Waals surface area contributed by atoms with E-state index in [1.807, 2.05) is 0 Å². The van der Waals surface area contributed by atoms with Crippen molar-refractivity contribution in [1.82, 2.24) is 14.9 Å². The first kappa shape index (κ1) is 16.8. The molecule has 0 saturated heterocycles. The average molecular weight is 345 g/mol. The van der Waals surface area contributed by atoms with Gasteiger partial charge >= 0.3 is 5.97 Å². The summed E-state index contributed by atoms with van der Waals surface area (Å²) in [7, 11) is -4.00. The van der Waals surface area contributed by atoms with Gasteiger partial charge in [-0.05, 0) is 18.2 Å². The van der Waals surface area contributed by atoms with Crippen LogP contribution in [0.2, 0.25) is 0 Å². The first-order valence-corrected chi connectivity index (χ1v) is 7.69. The van der Waals surface area contributed by atoms with E-state index in [0.29, 0.717) is 0 Å². The molecular weight excluding hydrogens is 333 g/mol. The number of carboxylic acids is 1. The van der Waals surface area contributed by atoms with Crippen LogP contribution in [0.3, 0.4) is 0 Å². The Hall–Kier alpha value is -2.53. The number of nitrogens with one attached hydrogen (secondary N) is 1. The monoisotopic (exact) mass is 345 g/mol. The zero-order valence-electron chi connectivity index (χ0n) is 11.8. The third-order valence-electron chi connectivity index (χ3n) is 2.55. The minimum Gasteiger partial charge on any atom is -0.479 e. The van der Waals surface area contributed by atoms with Crippen molar-refractivity contribution in [2.24, 2.45) is 0 Å². The molecule has 0 saturated carbocycles. The molecule has 0 aliphatic carbocycles. The quantitative estimate of drug-likeness (QED) is 0.740. The number of hydrogen-bond acceptors (Lipinski definition) is 7. The summed E-state index contributed by atoms with van der Waals surface area (Å²) < 4.78 is 49.4. The maximum atomic E-state index is 13.7. The molecule has 9 nitrogen and oxygen atoms in total. The van der Waals surface area contributed by atoms with Gasteiger partial charge in [-0.2, -0.15) is 4.98 Å². The van der Waals surface area contributed by atoms with Gasteiger partial charge in [0, 0.05) is 6.92 Å². The topological polar surface area (TPSA) is 132 Å². The minimum atomic E-state index is -4.00. The van der Waals surface area contributed by atoms with Gasteiger partial charge in [0.05, 0.1) is 11.4 Å². The summed E-state index contributed by atoms with van der Waals surface area (Å²) in [5.74, 6) is -2.22. The molecule has 2 aromatic rings. The van der Waals surface area contributed by atoms with Crippen molar-refractivity contribution in [3.63, 3.8) is 0 Å².